The predicted molar refractivity (Wildman–Crippen MR) is 186 cm³/mol. The van der Waals surface area contributed by atoms with Crippen LogP contribution in [0.15, 0.2) is 59.8 Å². The summed E-state index contributed by atoms with van der Waals surface area (Å²) in [5, 5.41) is 4.12. The Morgan fingerprint density at radius 1 is 0.936 bits per heavy atom. The summed E-state index contributed by atoms with van der Waals surface area (Å²) in [4.78, 5) is 30.4. The number of nitrogens with zero attached hydrogens (tertiary/aromatic N) is 6. The summed E-state index contributed by atoms with van der Waals surface area (Å²) in [6.45, 7) is 9.88. The van der Waals surface area contributed by atoms with Crippen LogP contribution in [-0.2, 0) is 13.1 Å². The van der Waals surface area contributed by atoms with Crippen LogP contribution >= 0.6 is 0 Å². The highest BCUT2D eigenvalue weighted by Crippen LogP contribution is 2.39. The quantitative estimate of drug-likeness (QED) is 0.265. The summed E-state index contributed by atoms with van der Waals surface area (Å²) in [5.74, 6) is 0.275. The number of hydrogen-bond acceptors (Lipinski definition) is 7. The summed E-state index contributed by atoms with van der Waals surface area (Å²) in [6, 6.07) is 13.1. The van der Waals surface area contributed by atoms with Crippen LogP contribution in [0.3, 0.4) is 0 Å². The van der Waals surface area contributed by atoms with E-state index >= 15 is 4.39 Å². The molecule has 1 aliphatic carbocycles. The second-order valence-electron chi connectivity index (χ2n) is 14.4. The Balaban J connectivity index is 1.14. The van der Waals surface area contributed by atoms with Crippen molar-refractivity contribution >= 4 is 22.3 Å². The van der Waals surface area contributed by atoms with Crippen LogP contribution in [0, 0.1) is 25.6 Å². The fourth-order valence-corrected chi connectivity index (χ4v) is 8.30. The molecule has 4 aliphatic rings. The van der Waals surface area contributed by atoms with E-state index in [1.54, 1.807) is 0 Å². The lowest BCUT2D eigenvalue weighted by atomic mass is 9.93. The highest BCUT2D eigenvalue weighted by Gasteiger charge is 2.34. The molecule has 2 unspecified atom stereocenters. The molecule has 1 N–H and O–H groups in total. The van der Waals surface area contributed by atoms with Crippen LogP contribution in [0.2, 0.25) is 0 Å². The normalized spacial score (nSPS) is 23.1. The molecule has 3 aliphatic heterocycles. The molecular formula is C38H46FN7O. The molecular weight excluding hydrogens is 589 g/mol. The molecule has 3 aromatic heterocycles. The standard InChI is InChI=1S/C38H46FN7O/c1-25-5-6-31(19-42-25)43-14-3-4-32(24-43)45(20-27-9-12-40-26(2)16-27)22-29-23-46(30-7-8-30)36-18-37(34(39)17-33(36)38(29)47)44-15-11-35-28(21-44)10-13-41-35/h5-6,9,12,16-19,23,28,30,32,35,41H,3-4,7-8,10-11,13-15,20-22,24H2,1-2H3/t28?,32-,35?/m0/s1. The van der Waals surface area contributed by atoms with E-state index < -0.39 is 0 Å². The third-order valence-electron chi connectivity index (χ3n) is 11.0. The number of benzene rings is 1. The van der Waals surface area contributed by atoms with Gasteiger partial charge in [0.2, 0.25) is 0 Å². The Labute approximate surface area is 276 Å². The highest BCUT2D eigenvalue weighted by molar-refractivity contribution is 5.84. The number of piperidine rings is 2. The number of aryl methyl sites for hydroxylation is 2. The van der Waals surface area contributed by atoms with E-state index in [-0.39, 0.29) is 17.3 Å². The number of nitrogens with one attached hydrogen (secondary N) is 1. The van der Waals surface area contributed by atoms with Crippen LogP contribution in [0.4, 0.5) is 15.8 Å². The Bertz CT molecular complexity index is 1820. The molecule has 1 aromatic carbocycles. The molecule has 0 radical (unpaired) electrons. The Hall–Kier alpha value is -3.82. The maximum atomic E-state index is 16.0. The zero-order chi connectivity index (χ0) is 32.1. The van der Waals surface area contributed by atoms with E-state index in [1.165, 1.54) is 11.6 Å². The first kappa shape index (κ1) is 30.5. The average molecular weight is 636 g/mol. The van der Waals surface area contributed by atoms with Gasteiger partial charge in [0.1, 0.15) is 5.82 Å². The molecule has 4 fully saturated rings. The molecule has 8 nitrogen and oxygen atoms in total. The van der Waals surface area contributed by atoms with Gasteiger partial charge in [-0.3, -0.25) is 19.7 Å². The molecule has 6 heterocycles. The van der Waals surface area contributed by atoms with Crippen molar-refractivity contribution in [1.29, 1.82) is 0 Å². The minimum Gasteiger partial charge on any atom is -0.369 e. The lowest BCUT2D eigenvalue weighted by molar-refractivity contribution is 0.158. The van der Waals surface area contributed by atoms with Gasteiger partial charge in [0, 0.05) is 92.1 Å². The molecule has 47 heavy (non-hydrogen) atoms. The molecule has 246 valence electrons. The van der Waals surface area contributed by atoms with Gasteiger partial charge in [-0.2, -0.15) is 0 Å². The second-order valence-corrected chi connectivity index (χ2v) is 14.4. The summed E-state index contributed by atoms with van der Waals surface area (Å²) in [7, 11) is 0. The van der Waals surface area contributed by atoms with E-state index in [0.29, 0.717) is 42.2 Å². The molecule has 0 spiro atoms. The number of anilines is 2. The van der Waals surface area contributed by atoms with Gasteiger partial charge in [0.25, 0.3) is 0 Å². The van der Waals surface area contributed by atoms with Gasteiger partial charge in [0.05, 0.1) is 23.1 Å². The Kier molecular flexibility index (Phi) is 8.22. The second kappa shape index (κ2) is 12.7. The SMILES string of the molecule is Cc1ccc(N2CCC[C@H](N(Cc3ccnc(C)c3)Cc3cn(C4CC4)c4cc(N5CCC6NCCC6C5)c(F)cc4c3=O)C2)cn1. The average Bonchev–Trinajstić information content (AvgIpc) is 3.82. The molecule has 9 heteroatoms. The molecule has 3 saturated heterocycles. The topological polar surface area (TPSA) is 69.5 Å². The van der Waals surface area contributed by atoms with Gasteiger partial charge in [-0.15, -0.1) is 0 Å². The largest absolute Gasteiger partial charge is 0.369 e. The lowest BCUT2D eigenvalue weighted by Crippen LogP contribution is -2.48. The van der Waals surface area contributed by atoms with Crippen molar-refractivity contribution in [2.24, 2.45) is 5.92 Å². The van der Waals surface area contributed by atoms with Crippen molar-refractivity contribution in [3.63, 3.8) is 0 Å². The minimum atomic E-state index is -0.280. The van der Waals surface area contributed by atoms with Crippen molar-refractivity contribution in [1.82, 2.24) is 24.8 Å². The number of hydrogen-bond donors (Lipinski definition) is 1. The fourth-order valence-electron chi connectivity index (χ4n) is 8.30. The Morgan fingerprint density at radius 2 is 1.83 bits per heavy atom. The zero-order valence-corrected chi connectivity index (χ0v) is 27.7. The minimum absolute atomic E-state index is 0.0487. The summed E-state index contributed by atoms with van der Waals surface area (Å²) < 4.78 is 18.3. The lowest BCUT2D eigenvalue weighted by Gasteiger charge is -2.40. The maximum absolute atomic E-state index is 16.0. The maximum Gasteiger partial charge on any atom is 0.193 e. The third kappa shape index (κ3) is 6.27. The first-order valence-electron chi connectivity index (χ1n) is 17.6. The van der Waals surface area contributed by atoms with E-state index in [4.69, 9.17) is 0 Å². The van der Waals surface area contributed by atoms with Crippen molar-refractivity contribution in [2.45, 2.75) is 83.6 Å². The van der Waals surface area contributed by atoms with Crippen LogP contribution in [0.5, 0.6) is 0 Å². The molecule has 0 amide bonds. The zero-order valence-electron chi connectivity index (χ0n) is 27.7. The number of aromatic nitrogens is 3. The fraction of sp³-hybridized carbons (Fsp3) is 0.500. The number of fused-ring (bicyclic) bond motifs is 2. The van der Waals surface area contributed by atoms with Gasteiger partial charge in [0.15, 0.2) is 5.43 Å². The van der Waals surface area contributed by atoms with Crippen LogP contribution in [0.25, 0.3) is 10.9 Å². The smallest absolute Gasteiger partial charge is 0.193 e. The predicted octanol–water partition coefficient (Wildman–Crippen LogP) is 5.74. The van der Waals surface area contributed by atoms with Crippen molar-refractivity contribution < 1.29 is 4.39 Å². The van der Waals surface area contributed by atoms with Gasteiger partial charge < -0.3 is 19.7 Å². The van der Waals surface area contributed by atoms with Crippen LogP contribution < -0.4 is 20.5 Å². The van der Waals surface area contributed by atoms with Gasteiger partial charge in [-0.25, -0.2) is 4.39 Å². The number of halogens is 1. The van der Waals surface area contributed by atoms with Crippen molar-refractivity contribution in [3.05, 3.63) is 93.5 Å². The monoisotopic (exact) mass is 635 g/mol. The van der Waals surface area contributed by atoms with E-state index in [1.807, 2.05) is 32.3 Å². The van der Waals surface area contributed by atoms with Gasteiger partial charge in [-0.05, 0) is 107 Å². The molecule has 1 saturated carbocycles. The van der Waals surface area contributed by atoms with Crippen LogP contribution in [-0.4, -0.2) is 64.2 Å². The number of pyridine rings is 3. The van der Waals surface area contributed by atoms with E-state index in [9.17, 15) is 4.79 Å². The first-order valence-corrected chi connectivity index (χ1v) is 17.6. The van der Waals surface area contributed by atoms with Gasteiger partial charge in [-0.1, -0.05) is 0 Å². The van der Waals surface area contributed by atoms with Crippen molar-refractivity contribution in [3.8, 4) is 0 Å². The van der Waals surface area contributed by atoms with Crippen LogP contribution in [0.1, 0.15) is 67.1 Å². The van der Waals surface area contributed by atoms with Crippen molar-refractivity contribution in [2.75, 3.05) is 42.5 Å². The summed E-state index contributed by atoms with van der Waals surface area (Å²) in [6.07, 6.45) is 12.4. The molecule has 0 bridgehead atoms. The summed E-state index contributed by atoms with van der Waals surface area (Å²) in [5.41, 5.74) is 6.54. The number of rotatable bonds is 8. The van der Waals surface area contributed by atoms with Gasteiger partial charge >= 0.3 is 0 Å². The van der Waals surface area contributed by atoms with E-state index in [0.717, 1.165) is 99.4 Å². The summed E-state index contributed by atoms with van der Waals surface area (Å²) >= 11 is 0. The van der Waals surface area contributed by atoms with E-state index in [2.05, 4.69) is 65.0 Å². The first-order chi connectivity index (χ1) is 22.9. The Morgan fingerprint density at radius 3 is 2.64 bits per heavy atom. The molecule has 8 rings (SSSR count). The molecule has 3 atom stereocenters. The molecule has 4 aromatic rings. The highest BCUT2D eigenvalue weighted by atomic mass is 19.1. The third-order valence-corrected chi connectivity index (χ3v) is 11.0.